The topological polar surface area (TPSA) is 49.3 Å². The number of nitrogens with one attached hydrogen (secondary N) is 2. The number of anilines is 1. The van der Waals surface area contributed by atoms with E-state index < -0.39 is 0 Å². The molecule has 1 aliphatic rings. The van der Waals surface area contributed by atoms with Gasteiger partial charge < -0.3 is 10.6 Å². The van der Waals surface area contributed by atoms with Crippen molar-refractivity contribution in [3.63, 3.8) is 0 Å². The Balaban J connectivity index is 1.43. The Morgan fingerprint density at radius 3 is 2.77 bits per heavy atom. The fraction of sp³-hybridized carbons (Fsp3) is 0.300. The molecule has 0 radical (unpaired) electrons. The lowest BCUT2D eigenvalue weighted by atomic mass is 10.1. The van der Waals surface area contributed by atoms with Gasteiger partial charge in [-0.1, -0.05) is 53.4 Å². The van der Waals surface area contributed by atoms with Crippen molar-refractivity contribution < 1.29 is 0 Å². The van der Waals surface area contributed by atoms with Crippen molar-refractivity contribution in [1.82, 2.24) is 10.3 Å². The third-order valence-electron chi connectivity index (χ3n) is 4.19. The summed E-state index contributed by atoms with van der Waals surface area (Å²) in [6.07, 6.45) is 0.914. The predicted molar refractivity (Wildman–Crippen MR) is 115 cm³/mol. The number of para-hydroxylation sites is 2. The zero-order valence-corrected chi connectivity index (χ0v) is 16.6. The second-order valence-electron chi connectivity index (χ2n) is 7.01. The van der Waals surface area contributed by atoms with Crippen molar-refractivity contribution in [3.8, 4) is 0 Å². The molecule has 0 saturated carbocycles. The zero-order chi connectivity index (χ0) is 18.0. The number of hydrogen-bond acceptors (Lipinski definition) is 5. The van der Waals surface area contributed by atoms with E-state index >= 15 is 0 Å². The van der Waals surface area contributed by atoms with Gasteiger partial charge in [-0.15, -0.1) is 0 Å². The van der Waals surface area contributed by atoms with Gasteiger partial charge >= 0.3 is 0 Å². The van der Waals surface area contributed by atoms with Crippen molar-refractivity contribution in [2.24, 2.45) is 4.99 Å². The summed E-state index contributed by atoms with van der Waals surface area (Å²) in [5.74, 6) is 1.05. The predicted octanol–water partition coefficient (Wildman–Crippen LogP) is 5.05. The van der Waals surface area contributed by atoms with Gasteiger partial charge in [0.1, 0.15) is 0 Å². The summed E-state index contributed by atoms with van der Waals surface area (Å²) in [7, 11) is 0. The standard InChI is InChI=1S/C20H22N4S2/c1-20(2)13-25-19(24-20)22-15-8-4-3-7-14(15)11-12-21-18-23-16-9-5-6-10-17(16)26-18/h3-10H,11-13H2,1-2H3,(H,21,23)(H,22,24). The minimum atomic E-state index is 0.118. The highest BCUT2D eigenvalue weighted by molar-refractivity contribution is 8.14. The second kappa shape index (κ2) is 7.29. The fourth-order valence-electron chi connectivity index (χ4n) is 2.86. The fourth-order valence-corrected chi connectivity index (χ4v) is 4.84. The van der Waals surface area contributed by atoms with Crippen molar-refractivity contribution >= 4 is 49.3 Å². The van der Waals surface area contributed by atoms with Gasteiger partial charge in [-0.2, -0.15) is 0 Å². The van der Waals surface area contributed by atoms with E-state index in [4.69, 9.17) is 4.99 Å². The van der Waals surface area contributed by atoms with E-state index in [9.17, 15) is 0 Å². The van der Waals surface area contributed by atoms with E-state index in [1.54, 1.807) is 23.1 Å². The summed E-state index contributed by atoms with van der Waals surface area (Å²) < 4.78 is 1.22. The average molecular weight is 383 g/mol. The quantitative estimate of drug-likeness (QED) is 0.648. The zero-order valence-electron chi connectivity index (χ0n) is 15.0. The van der Waals surface area contributed by atoms with Crippen LogP contribution in [0.15, 0.2) is 53.5 Å². The SMILES string of the molecule is CC1(C)CS/C(=N/c2ccccc2CCNc2nc3ccccc3s2)N1. The molecule has 1 fully saturated rings. The lowest BCUT2D eigenvalue weighted by molar-refractivity contribution is 0.537. The number of benzene rings is 2. The molecule has 134 valence electrons. The van der Waals surface area contributed by atoms with Crippen molar-refractivity contribution in [1.29, 1.82) is 0 Å². The highest BCUT2D eigenvalue weighted by Crippen LogP contribution is 2.28. The normalized spacial score (nSPS) is 17.5. The number of hydrogen-bond donors (Lipinski definition) is 2. The number of thiazole rings is 1. The molecular weight excluding hydrogens is 360 g/mol. The summed E-state index contributed by atoms with van der Waals surface area (Å²) in [6, 6.07) is 16.6. The Hall–Kier alpha value is -2.05. The molecule has 0 unspecified atom stereocenters. The lowest BCUT2D eigenvalue weighted by Gasteiger charge is -2.16. The Morgan fingerprint density at radius 2 is 1.96 bits per heavy atom. The molecule has 4 rings (SSSR count). The summed E-state index contributed by atoms with van der Waals surface area (Å²) >= 11 is 3.49. The number of fused-ring (bicyclic) bond motifs is 1. The monoisotopic (exact) mass is 382 g/mol. The molecule has 3 aromatic rings. The number of aliphatic imine (C=N–C) groups is 1. The van der Waals surface area contributed by atoms with Crippen LogP contribution in [0, 0.1) is 0 Å². The molecule has 0 aliphatic carbocycles. The van der Waals surface area contributed by atoms with Crippen LogP contribution in [0.5, 0.6) is 0 Å². The maximum absolute atomic E-state index is 4.84. The summed E-state index contributed by atoms with van der Waals surface area (Å²) in [5.41, 5.74) is 3.47. The molecule has 0 bridgehead atoms. The first kappa shape index (κ1) is 17.4. The molecule has 2 aromatic carbocycles. The van der Waals surface area contributed by atoms with Gasteiger partial charge in [0.05, 0.1) is 15.9 Å². The first-order chi connectivity index (χ1) is 12.6. The molecule has 4 nitrogen and oxygen atoms in total. The van der Waals surface area contributed by atoms with E-state index in [2.05, 4.69) is 71.9 Å². The Morgan fingerprint density at radius 1 is 1.15 bits per heavy atom. The largest absolute Gasteiger partial charge is 0.361 e. The van der Waals surface area contributed by atoms with Gasteiger partial charge in [0.15, 0.2) is 10.3 Å². The number of nitrogens with zero attached hydrogens (tertiary/aromatic N) is 2. The highest BCUT2D eigenvalue weighted by atomic mass is 32.2. The third-order valence-corrected chi connectivity index (χ3v) is 6.52. The van der Waals surface area contributed by atoms with Crippen LogP contribution in [0.4, 0.5) is 10.8 Å². The maximum atomic E-state index is 4.84. The van der Waals surface area contributed by atoms with Crippen LogP contribution in [-0.2, 0) is 6.42 Å². The van der Waals surface area contributed by atoms with E-state index in [1.165, 1.54) is 10.3 Å². The molecular formula is C20H22N4S2. The molecule has 26 heavy (non-hydrogen) atoms. The molecule has 0 amide bonds. The number of amidine groups is 1. The maximum Gasteiger partial charge on any atom is 0.183 e. The molecule has 0 atom stereocenters. The van der Waals surface area contributed by atoms with Crippen molar-refractivity contribution in [2.75, 3.05) is 17.6 Å². The van der Waals surface area contributed by atoms with Crippen LogP contribution in [0.2, 0.25) is 0 Å². The first-order valence-electron chi connectivity index (χ1n) is 8.76. The Bertz CT molecular complexity index is 913. The van der Waals surface area contributed by atoms with Gasteiger partial charge in [-0.25, -0.2) is 9.98 Å². The van der Waals surface area contributed by atoms with E-state index in [1.807, 2.05) is 6.07 Å². The van der Waals surface area contributed by atoms with Gasteiger partial charge in [-0.05, 0) is 44.0 Å². The van der Waals surface area contributed by atoms with Gasteiger partial charge in [-0.3, -0.25) is 0 Å². The molecule has 2 N–H and O–H groups in total. The van der Waals surface area contributed by atoms with E-state index in [-0.39, 0.29) is 5.54 Å². The van der Waals surface area contributed by atoms with E-state index in [0.717, 1.165) is 40.2 Å². The number of rotatable bonds is 5. The summed E-state index contributed by atoms with van der Waals surface area (Å²) in [4.78, 5) is 9.47. The smallest absolute Gasteiger partial charge is 0.183 e. The molecule has 1 aliphatic heterocycles. The average Bonchev–Trinajstić information content (AvgIpc) is 3.18. The molecule has 2 heterocycles. The minimum absolute atomic E-state index is 0.118. The molecule has 0 spiro atoms. The first-order valence-corrected chi connectivity index (χ1v) is 10.6. The van der Waals surface area contributed by atoms with Crippen LogP contribution >= 0.6 is 23.1 Å². The number of thioether (sulfide) groups is 1. The van der Waals surface area contributed by atoms with Crippen LogP contribution in [0.3, 0.4) is 0 Å². The van der Waals surface area contributed by atoms with Crippen LogP contribution < -0.4 is 10.6 Å². The molecule has 1 aromatic heterocycles. The highest BCUT2D eigenvalue weighted by Gasteiger charge is 2.27. The summed E-state index contributed by atoms with van der Waals surface area (Å²) in [5, 5.41) is 8.94. The number of aromatic nitrogens is 1. The van der Waals surface area contributed by atoms with Crippen LogP contribution in [0.25, 0.3) is 10.2 Å². The van der Waals surface area contributed by atoms with Crippen molar-refractivity contribution in [2.45, 2.75) is 25.8 Å². The van der Waals surface area contributed by atoms with Crippen molar-refractivity contribution in [3.05, 3.63) is 54.1 Å². The Labute approximate surface area is 162 Å². The van der Waals surface area contributed by atoms with Gasteiger partial charge in [0.25, 0.3) is 0 Å². The Kier molecular flexibility index (Phi) is 4.87. The second-order valence-corrected chi connectivity index (χ2v) is 9.00. The minimum Gasteiger partial charge on any atom is -0.361 e. The van der Waals surface area contributed by atoms with Gasteiger partial charge in [0, 0.05) is 17.8 Å². The summed E-state index contributed by atoms with van der Waals surface area (Å²) in [6.45, 7) is 5.25. The van der Waals surface area contributed by atoms with Crippen LogP contribution in [0.1, 0.15) is 19.4 Å². The van der Waals surface area contributed by atoms with E-state index in [0.29, 0.717) is 0 Å². The third kappa shape index (κ3) is 4.02. The molecule has 6 heteroatoms. The molecule has 1 saturated heterocycles. The lowest BCUT2D eigenvalue weighted by Crippen LogP contribution is -2.36. The van der Waals surface area contributed by atoms with Crippen LogP contribution in [-0.4, -0.2) is 28.0 Å². The van der Waals surface area contributed by atoms with Gasteiger partial charge in [0.2, 0.25) is 0 Å².